The number of hydrogen-bond donors (Lipinski definition) is 1. The number of anilines is 2. The highest BCUT2D eigenvalue weighted by molar-refractivity contribution is 5.49. The van der Waals surface area contributed by atoms with Crippen LogP contribution in [-0.4, -0.2) is 30.1 Å². The van der Waals surface area contributed by atoms with Crippen LogP contribution in [0.15, 0.2) is 6.07 Å². The predicted molar refractivity (Wildman–Crippen MR) is 80.8 cm³/mol. The Morgan fingerprint density at radius 1 is 1.26 bits per heavy atom. The molecule has 4 heteroatoms. The molecule has 0 atom stereocenters. The molecular weight excluding hydrogens is 236 g/mol. The molecule has 0 amide bonds. The van der Waals surface area contributed by atoms with Crippen LogP contribution in [0.4, 0.5) is 11.6 Å². The van der Waals surface area contributed by atoms with Gasteiger partial charge in [-0.3, -0.25) is 0 Å². The second kappa shape index (κ2) is 5.76. The van der Waals surface area contributed by atoms with Crippen molar-refractivity contribution >= 4 is 11.6 Å². The summed E-state index contributed by atoms with van der Waals surface area (Å²) in [5, 5.41) is 3.14. The van der Waals surface area contributed by atoms with Crippen LogP contribution in [0.5, 0.6) is 0 Å². The lowest BCUT2D eigenvalue weighted by Gasteiger charge is -2.37. The number of nitrogens with one attached hydrogen (secondary N) is 1. The highest BCUT2D eigenvalue weighted by Crippen LogP contribution is 2.32. The first kappa shape index (κ1) is 14.1. The van der Waals surface area contributed by atoms with E-state index in [4.69, 9.17) is 4.98 Å². The van der Waals surface area contributed by atoms with Gasteiger partial charge in [0.25, 0.3) is 0 Å². The smallest absolute Gasteiger partial charge is 0.134 e. The molecule has 4 nitrogen and oxygen atoms in total. The third kappa shape index (κ3) is 3.58. The van der Waals surface area contributed by atoms with Crippen molar-refractivity contribution in [3.63, 3.8) is 0 Å². The summed E-state index contributed by atoms with van der Waals surface area (Å²) >= 11 is 0. The molecule has 1 N–H and O–H groups in total. The molecule has 106 valence electrons. The molecule has 2 rings (SSSR count). The predicted octanol–water partition coefficient (Wildman–Crippen LogP) is 3.10. The third-order valence-electron chi connectivity index (χ3n) is 3.93. The summed E-state index contributed by atoms with van der Waals surface area (Å²) in [6, 6.07) is 2.07. The summed E-state index contributed by atoms with van der Waals surface area (Å²) in [7, 11) is 1.92. The lowest BCUT2D eigenvalue weighted by atomic mass is 9.83. The van der Waals surface area contributed by atoms with Crippen molar-refractivity contribution in [2.24, 2.45) is 5.41 Å². The Labute approximate surface area is 116 Å². The van der Waals surface area contributed by atoms with Crippen LogP contribution in [-0.2, 0) is 6.42 Å². The van der Waals surface area contributed by atoms with Crippen LogP contribution in [0.3, 0.4) is 0 Å². The maximum absolute atomic E-state index is 4.72. The zero-order valence-electron chi connectivity index (χ0n) is 12.7. The highest BCUT2D eigenvalue weighted by atomic mass is 15.2. The van der Waals surface area contributed by atoms with Gasteiger partial charge < -0.3 is 10.2 Å². The van der Waals surface area contributed by atoms with E-state index in [0.717, 1.165) is 43.4 Å². The van der Waals surface area contributed by atoms with Gasteiger partial charge in [0.2, 0.25) is 0 Å². The summed E-state index contributed by atoms with van der Waals surface area (Å²) < 4.78 is 0. The number of piperidine rings is 1. The molecule has 1 fully saturated rings. The van der Waals surface area contributed by atoms with E-state index in [9.17, 15) is 0 Å². The Hall–Kier alpha value is -1.32. The van der Waals surface area contributed by atoms with Gasteiger partial charge in [-0.05, 0) is 24.7 Å². The fourth-order valence-electron chi connectivity index (χ4n) is 2.45. The van der Waals surface area contributed by atoms with Crippen molar-refractivity contribution in [1.29, 1.82) is 0 Å². The summed E-state index contributed by atoms with van der Waals surface area (Å²) in [6.45, 7) is 9.06. The summed E-state index contributed by atoms with van der Waals surface area (Å²) in [5.41, 5.74) is 0.474. The minimum absolute atomic E-state index is 0.474. The van der Waals surface area contributed by atoms with Gasteiger partial charge in [0.15, 0.2) is 0 Å². The van der Waals surface area contributed by atoms with Crippen LogP contribution < -0.4 is 10.2 Å². The Kier molecular flexibility index (Phi) is 4.27. The molecule has 0 saturated carbocycles. The van der Waals surface area contributed by atoms with Gasteiger partial charge in [-0.2, -0.15) is 0 Å². The first-order valence-corrected chi connectivity index (χ1v) is 7.35. The van der Waals surface area contributed by atoms with Crippen molar-refractivity contribution in [2.75, 3.05) is 30.4 Å². The Morgan fingerprint density at radius 2 is 1.95 bits per heavy atom. The third-order valence-corrected chi connectivity index (χ3v) is 3.93. The topological polar surface area (TPSA) is 41.1 Å². The van der Waals surface area contributed by atoms with Gasteiger partial charge in [0, 0.05) is 32.6 Å². The van der Waals surface area contributed by atoms with Gasteiger partial charge in [-0.15, -0.1) is 0 Å². The van der Waals surface area contributed by atoms with E-state index in [2.05, 4.69) is 42.0 Å². The molecule has 0 unspecified atom stereocenters. The van der Waals surface area contributed by atoms with E-state index >= 15 is 0 Å². The molecule has 2 heterocycles. The number of aryl methyl sites for hydroxylation is 1. The Bertz CT molecular complexity index is 418. The fourth-order valence-corrected chi connectivity index (χ4v) is 2.45. The summed E-state index contributed by atoms with van der Waals surface area (Å²) in [6.07, 6.45) is 4.49. The van der Waals surface area contributed by atoms with Crippen LogP contribution in [0.2, 0.25) is 0 Å². The van der Waals surface area contributed by atoms with Gasteiger partial charge in [0.05, 0.1) is 0 Å². The average molecular weight is 262 g/mol. The van der Waals surface area contributed by atoms with Crippen molar-refractivity contribution in [3.05, 3.63) is 11.9 Å². The molecule has 19 heavy (non-hydrogen) atoms. The molecule has 0 spiro atoms. The number of hydrogen-bond acceptors (Lipinski definition) is 4. The molecule has 1 saturated heterocycles. The van der Waals surface area contributed by atoms with Crippen LogP contribution in [0.1, 0.15) is 45.9 Å². The van der Waals surface area contributed by atoms with Crippen molar-refractivity contribution in [2.45, 2.75) is 46.5 Å². The quantitative estimate of drug-likeness (QED) is 0.905. The van der Waals surface area contributed by atoms with E-state index in [1.165, 1.54) is 12.8 Å². The fraction of sp³-hybridized carbons (Fsp3) is 0.733. The highest BCUT2D eigenvalue weighted by Gasteiger charge is 2.26. The zero-order chi connectivity index (χ0) is 13.9. The molecule has 1 aliphatic heterocycles. The van der Waals surface area contributed by atoms with E-state index in [1.807, 2.05) is 7.05 Å². The Balaban J connectivity index is 2.17. The van der Waals surface area contributed by atoms with E-state index < -0.39 is 0 Å². The average Bonchev–Trinajstić information content (AvgIpc) is 2.38. The maximum Gasteiger partial charge on any atom is 0.134 e. The number of nitrogens with zero attached hydrogens (tertiary/aromatic N) is 3. The van der Waals surface area contributed by atoms with Crippen molar-refractivity contribution in [1.82, 2.24) is 9.97 Å². The van der Waals surface area contributed by atoms with E-state index in [0.29, 0.717) is 5.41 Å². The summed E-state index contributed by atoms with van der Waals surface area (Å²) in [4.78, 5) is 11.6. The van der Waals surface area contributed by atoms with E-state index in [1.54, 1.807) is 0 Å². The minimum atomic E-state index is 0.474. The van der Waals surface area contributed by atoms with E-state index in [-0.39, 0.29) is 0 Å². The Morgan fingerprint density at radius 3 is 2.53 bits per heavy atom. The molecular formula is C15H26N4. The van der Waals surface area contributed by atoms with Crippen molar-refractivity contribution < 1.29 is 0 Å². The van der Waals surface area contributed by atoms with Gasteiger partial charge >= 0.3 is 0 Å². The first-order valence-electron chi connectivity index (χ1n) is 7.35. The molecule has 0 aromatic carbocycles. The molecule has 0 bridgehead atoms. The first-order chi connectivity index (χ1) is 9.04. The maximum atomic E-state index is 4.72. The second-order valence-electron chi connectivity index (χ2n) is 6.18. The van der Waals surface area contributed by atoms with Gasteiger partial charge in [0.1, 0.15) is 17.5 Å². The monoisotopic (exact) mass is 262 g/mol. The molecule has 0 radical (unpaired) electrons. The largest absolute Gasteiger partial charge is 0.373 e. The van der Waals surface area contributed by atoms with Gasteiger partial charge in [-0.25, -0.2) is 9.97 Å². The lowest BCUT2D eigenvalue weighted by molar-refractivity contribution is 0.279. The standard InChI is InChI=1S/C15H26N4/c1-5-6-12-17-13(16-4)11-14(18-12)19-9-7-15(2,3)8-10-19/h11H,5-10H2,1-4H3,(H,16,17,18). The zero-order valence-corrected chi connectivity index (χ0v) is 12.7. The SMILES string of the molecule is CCCc1nc(NC)cc(N2CCC(C)(C)CC2)n1. The summed E-state index contributed by atoms with van der Waals surface area (Å²) in [5.74, 6) is 2.96. The molecule has 0 aliphatic carbocycles. The number of aromatic nitrogens is 2. The second-order valence-corrected chi connectivity index (χ2v) is 6.18. The van der Waals surface area contributed by atoms with Crippen molar-refractivity contribution in [3.8, 4) is 0 Å². The van der Waals surface area contributed by atoms with Gasteiger partial charge in [-0.1, -0.05) is 20.8 Å². The molecule has 1 aromatic rings. The normalized spacial score (nSPS) is 18.4. The molecule has 1 aliphatic rings. The number of rotatable bonds is 4. The minimum Gasteiger partial charge on any atom is -0.373 e. The van der Waals surface area contributed by atoms with Crippen LogP contribution in [0.25, 0.3) is 0 Å². The van der Waals surface area contributed by atoms with Crippen LogP contribution >= 0.6 is 0 Å². The molecule has 1 aromatic heterocycles. The lowest BCUT2D eigenvalue weighted by Crippen LogP contribution is -2.38. The van der Waals surface area contributed by atoms with Crippen LogP contribution in [0, 0.1) is 5.41 Å².